The standard InChI is InChI=1S/C15H21NO3.C15H17NO3.2CH4/c2*1-11(2)9-10-13(15(18)19-3)16-14(17)12-7-5-4-6-8-12;;/h4-8,11,13H,9-10H2,1-3H3,(H,16,17);4-10H,1-3H3,(H,16,17);2*1H4/b;13-10-;;. The molecular formula is C32H46N2O6. The maximum atomic E-state index is 12.0. The number of hydrogen-bond acceptors (Lipinski definition) is 6. The second-order valence-electron chi connectivity index (χ2n) is 9.02. The zero-order chi connectivity index (χ0) is 28.5. The molecule has 40 heavy (non-hydrogen) atoms. The average molecular weight is 555 g/mol. The number of methoxy groups -OCH3 is 2. The molecule has 0 saturated heterocycles. The summed E-state index contributed by atoms with van der Waals surface area (Å²) in [5.74, 6) is -1.10. The van der Waals surface area contributed by atoms with Crippen molar-refractivity contribution in [2.24, 2.45) is 5.92 Å². The van der Waals surface area contributed by atoms with Gasteiger partial charge in [0.15, 0.2) is 0 Å². The van der Waals surface area contributed by atoms with E-state index >= 15 is 0 Å². The summed E-state index contributed by atoms with van der Waals surface area (Å²) in [5.41, 5.74) is 2.14. The molecule has 0 aliphatic heterocycles. The number of rotatable bonds is 10. The molecule has 8 nitrogen and oxygen atoms in total. The third-order valence-corrected chi connectivity index (χ3v) is 5.13. The molecule has 0 aromatic heterocycles. The molecule has 1 atom stereocenters. The van der Waals surface area contributed by atoms with Crippen molar-refractivity contribution in [3.8, 4) is 0 Å². The van der Waals surface area contributed by atoms with Gasteiger partial charge in [0.05, 0.1) is 14.2 Å². The topological polar surface area (TPSA) is 111 Å². The molecule has 0 aliphatic carbocycles. The van der Waals surface area contributed by atoms with Crippen LogP contribution in [0.1, 0.15) is 76.1 Å². The van der Waals surface area contributed by atoms with Crippen LogP contribution in [0.3, 0.4) is 0 Å². The molecule has 220 valence electrons. The predicted molar refractivity (Wildman–Crippen MR) is 161 cm³/mol. The van der Waals surface area contributed by atoms with Gasteiger partial charge in [-0.05, 0) is 62.9 Å². The summed E-state index contributed by atoms with van der Waals surface area (Å²) in [6.07, 6.45) is 4.71. The molecule has 0 aliphatic rings. The van der Waals surface area contributed by atoms with E-state index in [1.54, 1.807) is 54.6 Å². The summed E-state index contributed by atoms with van der Waals surface area (Å²) in [6, 6.07) is 16.9. The SMILES string of the molecule is C.C.COC(=O)/C(=C/C=C(C)C)NC(=O)c1ccccc1.COC(=O)C(CCC(C)C)NC(=O)c1ccccc1. The van der Waals surface area contributed by atoms with Crippen LogP contribution < -0.4 is 10.6 Å². The van der Waals surface area contributed by atoms with Crippen molar-refractivity contribution in [2.45, 2.75) is 61.4 Å². The first kappa shape index (κ1) is 37.9. The van der Waals surface area contributed by atoms with Crippen LogP contribution >= 0.6 is 0 Å². The summed E-state index contributed by atoms with van der Waals surface area (Å²) in [6.45, 7) is 7.94. The highest BCUT2D eigenvalue weighted by Crippen LogP contribution is 2.09. The van der Waals surface area contributed by atoms with Crippen molar-refractivity contribution in [1.29, 1.82) is 0 Å². The van der Waals surface area contributed by atoms with Crippen LogP contribution in [0.25, 0.3) is 0 Å². The van der Waals surface area contributed by atoms with Crippen molar-refractivity contribution in [3.63, 3.8) is 0 Å². The van der Waals surface area contributed by atoms with Crippen LogP contribution in [0, 0.1) is 5.92 Å². The van der Waals surface area contributed by atoms with E-state index in [9.17, 15) is 19.2 Å². The Labute approximate surface area is 239 Å². The van der Waals surface area contributed by atoms with Gasteiger partial charge in [0.1, 0.15) is 11.7 Å². The highest BCUT2D eigenvalue weighted by Gasteiger charge is 2.22. The third-order valence-electron chi connectivity index (χ3n) is 5.13. The van der Waals surface area contributed by atoms with Crippen molar-refractivity contribution >= 4 is 23.8 Å². The minimum absolute atomic E-state index is 0. The molecule has 2 N–H and O–H groups in total. The van der Waals surface area contributed by atoms with E-state index in [0.717, 1.165) is 12.0 Å². The zero-order valence-corrected chi connectivity index (χ0v) is 22.9. The van der Waals surface area contributed by atoms with Crippen LogP contribution in [-0.4, -0.2) is 44.0 Å². The van der Waals surface area contributed by atoms with Gasteiger partial charge in [0.25, 0.3) is 11.8 Å². The fourth-order valence-corrected chi connectivity index (χ4v) is 3.03. The highest BCUT2D eigenvalue weighted by molar-refractivity contribution is 6.01. The molecule has 0 radical (unpaired) electrons. The largest absolute Gasteiger partial charge is 0.467 e. The van der Waals surface area contributed by atoms with Crippen LogP contribution in [0.5, 0.6) is 0 Å². The zero-order valence-electron chi connectivity index (χ0n) is 22.9. The second-order valence-corrected chi connectivity index (χ2v) is 9.02. The van der Waals surface area contributed by atoms with Gasteiger partial charge in [0.2, 0.25) is 0 Å². The van der Waals surface area contributed by atoms with Gasteiger partial charge in [-0.15, -0.1) is 0 Å². The number of ether oxygens (including phenoxy) is 2. The minimum Gasteiger partial charge on any atom is -0.467 e. The first-order chi connectivity index (χ1) is 18.1. The number of benzene rings is 2. The molecule has 2 rings (SSSR count). The lowest BCUT2D eigenvalue weighted by Crippen LogP contribution is -2.41. The summed E-state index contributed by atoms with van der Waals surface area (Å²) < 4.78 is 9.36. The van der Waals surface area contributed by atoms with Crippen molar-refractivity contribution in [2.75, 3.05) is 14.2 Å². The van der Waals surface area contributed by atoms with E-state index in [0.29, 0.717) is 23.5 Å². The molecule has 0 spiro atoms. The summed E-state index contributed by atoms with van der Waals surface area (Å²) in [7, 11) is 2.60. The van der Waals surface area contributed by atoms with Crippen LogP contribution in [-0.2, 0) is 19.1 Å². The van der Waals surface area contributed by atoms with E-state index in [-0.39, 0.29) is 32.4 Å². The minimum atomic E-state index is -0.583. The van der Waals surface area contributed by atoms with Crippen LogP contribution in [0.4, 0.5) is 0 Å². The molecule has 0 heterocycles. The highest BCUT2D eigenvalue weighted by atomic mass is 16.5. The van der Waals surface area contributed by atoms with Gasteiger partial charge in [-0.3, -0.25) is 9.59 Å². The maximum absolute atomic E-state index is 12.0. The Balaban J connectivity index is 0. The lowest BCUT2D eigenvalue weighted by atomic mass is 10.0. The molecule has 0 bridgehead atoms. The monoisotopic (exact) mass is 554 g/mol. The molecule has 0 saturated carbocycles. The number of allylic oxidation sites excluding steroid dienone is 3. The van der Waals surface area contributed by atoms with Crippen LogP contribution in [0.2, 0.25) is 0 Å². The number of carbonyl (C=O) groups is 4. The number of hydrogen-bond donors (Lipinski definition) is 2. The van der Waals surface area contributed by atoms with E-state index in [4.69, 9.17) is 4.74 Å². The van der Waals surface area contributed by atoms with E-state index in [2.05, 4.69) is 29.2 Å². The number of carbonyl (C=O) groups excluding carboxylic acids is 4. The Kier molecular flexibility index (Phi) is 19.7. The Hall–Kier alpha value is -4.20. The first-order valence-corrected chi connectivity index (χ1v) is 12.3. The second kappa shape index (κ2) is 20.7. The van der Waals surface area contributed by atoms with E-state index < -0.39 is 18.0 Å². The maximum Gasteiger partial charge on any atom is 0.354 e. The van der Waals surface area contributed by atoms with Gasteiger partial charge in [-0.1, -0.05) is 76.7 Å². The lowest BCUT2D eigenvalue weighted by Gasteiger charge is -2.17. The quantitative estimate of drug-likeness (QED) is 0.208. The molecule has 0 fully saturated rings. The summed E-state index contributed by atoms with van der Waals surface area (Å²) in [4.78, 5) is 47.2. The predicted octanol–water partition coefficient (Wildman–Crippen LogP) is 6.11. The first-order valence-electron chi connectivity index (χ1n) is 12.3. The fraction of sp³-hybridized carbons (Fsp3) is 0.375. The van der Waals surface area contributed by atoms with Crippen molar-refractivity contribution in [3.05, 3.63) is 95.2 Å². The fourth-order valence-electron chi connectivity index (χ4n) is 3.03. The van der Waals surface area contributed by atoms with Gasteiger partial charge < -0.3 is 20.1 Å². The molecule has 8 heteroatoms. The molecule has 1 unspecified atom stereocenters. The number of esters is 2. The average Bonchev–Trinajstić information content (AvgIpc) is 2.93. The Morgan fingerprint density at radius 2 is 1.25 bits per heavy atom. The van der Waals surface area contributed by atoms with E-state index in [1.807, 2.05) is 26.0 Å². The van der Waals surface area contributed by atoms with Gasteiger partial charge in [-0.25, -0.2) is 9.59 Å². The number of amides is 2. The number of nitrogens with one attached hydrogen (secondary N) is 2. The van der Waals surface area contributed by atoms with Gasteiger partial charge in [0, 0.05) is 11.1 Å². The summed E-state index contributed by atoms with van der Waals surface area (Å²) >= 11 is 0. The Bertz CT molecular complexity index is 1100. The van der Waals surface area contributed by atoms with Crippen molar-refractivity contribution in [1.82, 2.24) is 10.6 Å². The smallest absolute Gasteiger partial charge is 0.354 e. The lowest BCUT2D eigenvalue weighted by molar-refractivity contribution is -0.143. The van der Waals surface area contributed by atoms with E-state index in [1.165, 1.54) is 20.3 Å². The molecule has 2 aromatic carbocycles. The normalized spacial score (nSPS) is 10.7. The molecule has 2 aromatic rings. The third kappa shape index (κ3) is 14.7. The molecular weight excluding hydrogens is 508 g/mol. The summed E-state index contributed by atoms with van der Waals surface area (Å²) in [5, 5.41) is 5.27. The van der Waals surface area contributed by atoms with Crippen LogP contribution in [0.15, 0.2) is 84.1 Å². The Morgan fingerprint density at radius 3 is 1.68 bits per heavy atom. The molecule has 2 amide bonds. The van der Waals surface area contributed by atoms with Gasteiger partial charge in [-0.2, -0.15) is 0 Å². The van der Waals surface area contributed by atoms with Crippen molar-refractivity contribution < 1.29 is 28.7 Å². The Morgan fingerprint density at radius 1 is 0.750 bits per heavy atom. The van der Waals surface area contributed by atoms with Gasteiger partial charge >= 0.3 is 11.9 Å².